The molecule has 6 heteroatoms. The molecule has 6 nitrogen and oxygen atoms in total. The second-order valence-electron chi connectivity index (χ2n) is 4.68. The molecule has 0 radical (unpaired) electrons. The molecule has 0 aliphatic rings. The highest BCUT2D eigenvalue weighted by Gasteiger charge is 2.11. The van der Waals surface area contributed by atoms with Crippen molar-refractivity contribution in [1.29, 1.82) is 5.26 Å². The average Bonchev–Trinajstić information content (AvgIpc) is 2.61. The summed E-state index contributed by atoms with van der Waals surface area (Å²) in [6.45, 7) is 2.02. The summed E-state index contributed by atoms with van der Waals surface area (Å²) in [6.07, 6.45) is 2.98. The Morgan fingerprint density at radius 1 is 1.25 bits per heavy atom. The summed E-state index contributed by atoms with van der Waals surface area (Å²) in [5.74, 6) is -0.977. The van der Waals surface area contributed by atoms with Gasteiger partial charge < -0.3 is 10.1 Å². The first-order valence-electron chi connectivity index (χ1n) is 7.25. The maximum Gasteiger partial charge on any atom is 0.338 e. The summed E-state index contributed by atoms with van der Waals surface area (Å²) in [5, 5.41) is 11.7. The van der Waals surface area contributed by atoms with Gasteiger partial charge in [0, 0.05) is 11.9 Å². The average molecular weight is 321 g/mol. The lowest BCUT2D eigenvalue weighted by Gasteiger charge is -2.06. The number of pyridine rings is 1. The summed E-state index contributed by atoms with van der Waals surface area (Å²) in [4.78, 5) is 27.8. The van der Waals surface area contributed by atoms with Gasteiger partial charge >= 0.3 is 5.97 Å². The predicted molar refractivity (Wildman–Crippen MR) is 88.9 cm³/mol. The van der Waals surface area contributed by atoms with Gasteiger partial charge in [-0.1, -0.05) is 6.07 Å². The molecule has 0 spiro atoms. The number of nitrogens with one attached hydrogen (secondary N) is 1. The fourth-order valence-corrected chi connectivity index (χ4v) is 1.86. The lowest BCUT2D eigenvalue weighted by Crippen LogP contribution is -2.13. The SMILES string of the molecule is CCOC(=O)c1ccc(NC(=O)/C(C#N)=C\c2ccccn2)cc1. The Labute approximate surface area is 139 Å². The van der Waals surface area contributed by atoms with Crippen molar-refractivity contribution < 1.29 is 14.3 Å². The van der Waals surface area contributed by atoms with Crippen LogP contribution in [0.2, 0.25) is 0 Å². The molecule has 1 aromatic heterocycles. The quantitative estimate of drug-likeness (QED) is 0.519. The summed E-state index contributed by atoms with van der Waals surface area (Å²) < 4.78 is 4.89. The molecule has 0 unspecified atom stereocenters. The molecule has 1 N–H and O–H groups in total. The maximum absolute atomic E-state index is 12.1. The number of hydrogen-bond donors (Lipinski definition) is 1. The number of ether oxygens (including phenoxy) is 1. The number of carbonyl (C=O) groups is 2. The topological polar surface area (TPSA) is 92.1 Å². The van der Waals surface area contributed by atoms with Gasteiger partial charge in [-0.3, -0.25) is 9.78 Å². The van der Waals surface area contributed by atoms with Gasteiger partial charge in [-0.2, -0.15) is 5.26 Å². The van der Waals surface area contributed by atoms with Crippen molar-refractivity contribution in [2.75, 3.05) is 11.9 Å². The molecule has 0 aliphatic carbocycles. The third-order valence-corrected chi connectivity index (χ3v) is 3.00. The smallest absolute Gasteiger partial charge is 0.338 e. The van der Waals surface area contributed by atoms with Gasteiger partial charge in [0.05, 0.1) is 17.9 Å². The standard InChI is InChI=1S/C18H15N3O3/c1-2-24-18(23)13-6-8-15(9-7-13)21-17(22)14(12-19)11-16-5-3-4-10-20-16/h3-11H,2H2,1H3,(H,21,22)/b14-11-. The number of nitrogens with zero attached hydrogens (tertiary/aromatic N) is 2. The van der Waals surface area contributed by atoms with Gasteiger partial charge in [0.1, 0.15) is 11.6 Å². The zero-order chi connectivity index (χ0) is 17.4. The van der Waals surface area contributed by atoms with Gasteiger partial charge in [-0.05, 0) is 49.4 Å². The molecular formula is C18H15N3O3. The number of hydrogen-bond acceptors (Lipinski definition) is 5. The molecular weight excluding hydrogens is 306 g/mol. The van der Waals surface area contributed by atoms with E-state index in [0.29, 0.717) is 23.6 Å². The lowest BCUT2D eigenvalue weighted by atomic mass is 10.2. The van der Waals surface area contributed by atoms with Gasteiger partial charge in [0.2, 0.25) is 0 Å². The van der Waals surface area contributed by atoms with Crippen LogP contribution in [0, 0.1) is 11.3 Å². The molecule has 1 aromatic carbocycles. The number of nitriles is 1. The van der Waals surface area contributed by atoms with Crippen LogP contribution >= 0.6 is 0 Å². The summed E-state index contributed by atoms with van der Waals surface area (Å²) >= 11 is 0. The third-order valence-electron chi connectivity index (χ3n) is 3.00. The van der Waals surface area contributed by atoms with Crippen LogP contribution in [0.4, 0.5) is 5.69 Å². The lowest BCUT2D eigenvalue weighted by molar-refractivity contribution is -0.112. The molecule has 0 fully saturated rings. The van der Waals surface area contributed by atoms with Gasteiger partial charge in [-0.25, -0.2) is 4.79 Å². The number of anilines is 1. The van der Waals surface area contributed by atoms with Crippen molar-refractivity contribution in [1.82, 2.24) is 4.98 Å². The van der Waals surface area contributed by atoms with Crippen molar-refractivity contribution >= 4 is 23.6 Å². The molecule has 0 aliphatic heterocycles. The van der Waals surface area contributed by atoms with Crippen LogP contribution in [0.15, 0.2) is 54.2 Å². The highest BCUT2D eigenvalue weighted by Crippen LogP contribution is 2.13. The van der Waals surface area contributed by atoms with Crippen molar-refractivity contribution in [3.63, 3.8) is 0 Å². The summed E-state index contributed by atoms with van der Waals surface area (Å²) in [7, 11) is 0. The van der Waals surface area contributed by atoms with Crippen LogP contribution in [-0.2, 0) is 9.53 Å². The van der Waals surface area contributed by atoms with Crippen molar-refractivity contribution in [2.45, 2.75) is 6.92 Å². The highest BCUT2D eigenvalue weighted by molar-refractivity contribution is 6.09. The first-order chi connectivity index (χ1) is 11.6. The van der Waals surface area contributed by atoms with Crippen LogP contribution in [0.3, 0.4) is 0 Å². The minimum atomic E-state index is -0.549. The van der Waals surface area contributed by atoms with E-state index in [1.807, 2.05) is 6.07 Å². The number of carbonyl (C=O) groups excluding carboxylic acids is 2. The molecule has 120 valence electrons. The molecule has 24 heavy (non-hydrogen) atoms. The number of aromatic nitrogens is 1. The Morgan fingerprint density at radius 3 is 2.58 bits per heavy atom. The number of amides is 1. The molecule has 0 atom stereocenters. The van der Waals surface area contributed by atoms with E-state index in [9.17, 15) is 9.59 Å². The van der Waals surface area contributed by atoms with Gasteiger partial charge in [-0.15, -0.1) is 0 Å². The fraction of sp³-hybridized carbons (Fsp3) is 0.111. The minimum Gasteiger partial charge on any atom is -0.462 e. The van der Waals surface area contributed by atoms with E-state index in [2.05, 4.69) is 10.3 Å². The Hall–Kier alpha value is -3.46. The highest BCUT2D eigenvalue weighted by atomic mass is 16.5. The van der Waals surface area contributed by atoms with E-state index in [-0.39, 0.29) is 5.57 Å². The normalized spacial score (nSPS) is 10.6. The van der Waals surface area contributed by atoms with Crippen LogP contribution in [0.5, 0.6) is 0 Å². The molecule has 1 heterocycles. The monoisotopic (exact) mass is 321 g/mol. The largest absolute Gasteiger partial charge is 0.462 e. The van der Waals surface area contributed by atoms with Gasteiger partial charge in [0.15, 0.2) is 0 Å². The molecule has 1 amide bonds. The number of rotatable bonds is 5. The van der Waals surface area contributed by atoms with Crippen molar-refractivity contribution in [2.24, 2.45) is 0 Å². The van der Waals surface area contributed by atoms with E-state index in [1.165, 1.54) is 6.08 Å². The number of esters is 1. The Kier molecular flexibility index (Phi) is 5.81. The Balaban J connectivity index is 2.09. The Morgan fingerprint density at radius 2 is 2.00 bits per heavy atom. The third kappa shape index (κ3) is 4.52. The molecule has 0 saturated heterocycles. The van der Waals surface area contributed by atoms with Crippen LogP contribution in [0.25, 0.3) is 6.08 Å². The summed E-state index contributed by atoms with van der Waals surface area (Å²) in [6, 6.07) is 13.3. The zero-order valence-corrected chi connectivity index (χ0v) is 13.0. The van der Waals surface area contributed by atoms with E-state index in [4.69, 9.17) is 10.00 Å². The van der Waals surface area contributed by atoms with Gasteiger partial charge in [0.25, 0.3) is 5.91 Å². The fourth-order valence-electron chi connectivity index (χ4n) is 1.86. The van der Waals surface area contributed by atoms with Crippen LogP contribution < -0.4 is 5.32 Å². The van der Waals surface area contributed by atoms with E-state index >= 15 is 0 Å². The van der Waals surface area contributed by atoms with E-state index < -0.39 is 11.9 Å². The first-order valence-corrected chi connectivity index (χ1v) is 7.25. The van der Waals surface area contributed by atoms with Crippen molar-refractivity contribution in [3.05, 3.63) is 65.5 Å². The van der Waals surface area contributed by atoms with Crippen molar-refractivity contribution in [3.8, 4) is 6.07 Å². The van der Waals surface area contributed by atoms with E-state index in [0.717, 1.165) is 0 Å². The molecule has 0 saturated carbocycles. The first kappa shape index (κ1) is 16.9. The molecule has 2 rings (SSSR count). The zero-order valence-electron chi connectivity index (χ0n) is 13.0. The Bertz CT molecular complexity index is 791. The second kappa shape index (κ2) is 8.25. The van der Waals surface area contributed by atoms with Crippen LogP contribution in [0.1, 0.15) is 23.0 Å². The van der Waals surface area contributed by atoms with Crippen LogP contribution in [-0.4, -0.2) is 23.5 Å². The molecule has 0 bridgehead atoms. The van der Waals surface area contributed by atoms with E-state index in [1.54, 1.807) is 55.6 Å². The predicted octanol–water partition coefficient (Wildman–Crippen LogP) is 2.80. The maximum atomic E-state index is 12.1. The summed E-state index contributed by atoms with van der Waals surface area (Å²) in [5.41, 5.74) is 1.31. The molecule has 2 aromatic rings. The number of benzene rings is 1. The minimum absolute atomic E-state index is 0.0665. The second-order valence-corrected chi connectivity index (χ2v) is 4.68.